The lowest BCUT2D eigenvalue weighted by molar-refractivity contribution is -0.140. The predicted octanol–water partition coefficient (Wildman–Crippen LogP) is 6.34. The number of nitrogens with zero attached hydrogens (tertiary/aromatic N) is 2. The largest absolute Gasteiger partial charge is 0.481 e. The fourth-order valence-electron chi connectivity index (χ4n) is 7.66. The molecule has 3 aromatic rings. The minimum Gasteiger partial charge on any atom is -0.481 e. The van der Waals surface area contributed by atoms with Gasteiger partial charge < -0.3 is 30.2 Å². The van der Waals surface area contributed by atoms with Crippen molar-refractivity contribution in [1.82, 2.24) is 25.3 Å². The van der Waals surface area contributed by atoms with Crippen molar-refractivity contribution in [2.24, 2.45) is 0 Å². The molecule has 0 fully saturated rings. The van der Waals surface area contributed by atoms with Gasteiger partial charge in [-0.1, -0.05) is 26.5 Å². The average molecular weight is 766 g/mol. The summed E-state index contributed by atoms with van der Waals surface area (Å²) in [6.07, 6.45) is 2.29. The van der Waals surface area contributed by atoms with Crippen LogP contribution in [-0.2, 0) is 41.6 Å². The number of carbonyl (C=O) groups is 5. The number of aromatic amines is 2. The fraction of sp³-hybridized carbons (Fsp3) is 0.419. The molecule has 5 rings (SSSR count). The maximum Gasteiger partial charge on any atom is 0.310 e. The molecule has 296 valence electrons. The van der Waals surface area contributed by atoms with Crippen LogP contribution in [0.4, 0.5) is 0 Å². The van der Waals surface area contributed by atoms with Gasteiger partial charge in [-0.05, 0) is 74.1 Å². The van der Waals surface area contributed by atoms with Crippen LogP contribution in [0.25, 0.3) is 39.3 Å². The van der Waals surface area contributed by atoms with E-state index in [0.29, 0.717) is 34.6 Å². The number of H-pyrrole nitrogens is 2. The van der Waals surface area contributed by atoms with E-state index < -0.39 is 23.8 Å². The first-order valence-electron chi connectivity index (χ1n) is 19.0. The molecule has 0 aromatic carbocycles. The number of Topliss-reactive ketones (excluding diaryl/α,β-unsaturated/α-hetero) is 2. The van der Waals surface area contributed by atoms with E-state index in [2.05, 4.69) is 28.8 Å². The SMILES string of the molecule is C=Cc1c(C)c2cc3nc(c(CC(=O)OC)c4nc(cc5[nH]c(cc1[nH]2)c(C)c5CC)C(C)=C4C(=O)NCCC(=O)CCC(=O)CCO)C(CCC(=O)O)C3C. The number of fused-ring (bicyclic) bond motifs is 8. The van der Waals surface area contributed by atoms with Gasteiger partial charge in [0.15, 0.2) is 0 Å². The lowest BCUT2D eigenvalue weighted by Crippen LogP contribution is -2.27. The van der Waals surface area contributed by atoms with Crippen LogP contribution in [0.2, 0.25) is 0 Å². The highest BCUT2D eigenvalue weighted by Crippen LogP contribution is 2.44. The Labute approximate surface area is 325 Å². The van der Waals surface area contributed by atoms with E-state index >= 15 is 0 Å². The minimum atomic E-state index is -0.975. The number of aliphatic hydroxyl groups excluding tert-OH is 1. The summed E-state index contributed by atoms with van der Waals surface area (Å²) in [4.78, 5) is 81.1. The first-order valence-corrected chi connectivity index (χ1v) is 19.0. The maximum atomic E-state index is 14.2. The molecule has 0 saturated heterocycles. The van der Waals surface area contributed by atoms with Crippen LogP contribution in [0.5, 0.6) is 0 Å². The smallest absolute Gasteiger partial charge is 0.310 e. The number of aliphatic carboxylic acids is 1. The van der Waals surface area contributed by atoms with Gasteiger partial charge >= 0.3 is 11.9 Å². The quantitative estimate of drug-likeness (QED) is 0.102. The molecule has 0 aliphatic carbocycles. The number of nitrogens with one attached hydrogen (secondary N) is 3. The number of esters is 1. The van der Waals surface area contributed by atoms with E-state index in [-0.39, 0.29) is 86.8 Å². The summed E-state index contributed by atoms with van der Waals surface area (Å²) in [5.74, 6) is -3.22. The van der Waals surface area contributed by atoms with Crippen molar-refractivity contribution in [1.29, 1.82) is 0 Å². The van der Waals surface area contributed by atoms with Crippen molar-refractivity contribution in [3.8, 4) is 0 Å². The second kappa shape index (κ2) is 17.8. The summed E-state index contributed by atoms with van der Waals surface area (Å²) in [5.41, 5.74) is 10.2. The molecule has 2 atom stereocenters. The summed E-state index contributed by atoms with van der Waals surface area (Å²) in [6, 6.07) is 5.88. The lowest BCUT2D eigenvalue weighted by atomic mass is 9.84. The number of carbonyl (C=O) groups excluding carboxylic acids is 4. The number of ketones is 2. The van der Waals surface area contributed by atoms with E-state index in [4.69, 9.17) is 19.8 Å². The molecular formula is C43H51N5O8. The van der Waals surface area contributed by atoms with Crippen LogP contribution < -0.4 is 5.32 Å². The number of carboxylic acid groups (broad SMARTS) is 1. The number of aromatic nitrogens is 4. The summed E-state index contributed by atoms with van der Waals surface area (Å²) >= 11 is 0. The Balaban J connectivity index is 1.80. The number of methoxy groups -OCH3 is 1. The highest BCUT2D eigenvalue weighted by atomic mass is 16.5. The topological polar surface area (TPSA) is 204 Å². The van der Waals surface area contributed by atoms with Gasteiger partial charge in [0.25, 0.3) is 5.91 Å². The van der Waals surface area contributed by atoms with E-state index in [0.717, 1.165) is 44.3 Å². The number of aryl methyl sites for hydroxylation is 3. The molecule has 0 spiro atoms. The Morgan fingerprint density at radius 3 is 2.21 bits per heavy atom. The fourth-order valence-corrected chi connectivity index (χ4v) is 7.66. The average Bonchev–Trinajstić information content (AvgIpc) is 3.84. The third-order valence-corrected chi connectivity index (χ3v) is 10.9. The predicted molar refractivity (Wildman–Crippen MR) is 215 cm³/mol. The van der Waals surface area contributed by atoms with Gasteiger partial charge in [-0.15, -0.1) is 0 Å². The van der Waals surface area contributed by atoms with Gasteiger partial charge in [0.1, 0.15) is 11.6 Å². The highest BCUT2D eigenvalue weighted by molar-refractivity contribution is 6.27. The monoisotopic (exact) mass is 765 g/mol. The number of aliphatic hydroxyl groups is 1. The Morgan fingerprint density at radius 1 is 0.893 bits per heavy atom. The van der Waals surface area contributed by atoms with Crippen molar-refractivity contribution in [3.63, 3.8) is 0 Å². The van der Waals surface area contributed by atoms with Gasteiger partial charge in [0.05, 0.1) is 36.2 Å². The Hall–Kier alpha value is -5.69. The van der Waals surface area contributed by atoms with Crippen molar-refractivity contribution >= 4 is 68.7 Å². The maximum absolute atomic E-state index is 14.2. The molecule has 1 amide bonds. The van der Waals surface area contributed by atoms with Gasteiger partial charge in [0.2, 0.25) is 0 Å². The molecule has 13 heteroatoms. The molecular weight excluding hydrogens is 715 g/mol. The third kappa shape index (κ3) is 8.73. The Bertz CT molecular complexity index is 2300. The number of rotatable bonds is 16. The number of amides is 1. The van der Waals surface area contributed by atoms with E-state index in [1.807, 2.05) is 45.0 Å². The minimum absolute atomic E-state index is 0.00550. The van der Waals surface area contributed by atoms with Crippen LogP contribution in [0.1, 0.15) is 122 Å². The van der Waals surface area contributed by atoms with Crippen LogP contribution >= 0.6 is 0 Å². The van der Waals surface area contributed by atoms with Crippen molar-refractivity contribution in [3.05, 3.63) is 75.4 Å². The zero-order valence-electron chi connectivity index (χ0n) is 33.0. The Kier molecular flexibility index (Phi) is 13.2. The molecule has 5 N–H and O–H groups in total. The molecule has 56 heavy (non-hydrogen) atoms. The molecule has 3 aromatic heterocycles. The van der Waals surface area contributed by atoms with Gasteiger partial charge in [-0.25, -0.2) is 4.98 Å². The molecule has 5 heterocycles. The summed E-state index contributed by atoms with van der Waals surface area (Å²) < 4.78 is 5.15. The molecule has 2 unspecified atom stereocenters. The normalized spacial score (nSPS) is 15.1. The molecule has 8 bridgehead atoms. The van der Waals surface area contributed by atoms with Crippen LogP contribution in [0, 0.1) is 13.8 Å². The molecule has 2 aliphatic rings. The number of allylic oxidation sites excluding steroid dienone is 1. The molecule has 0 saturated carbocycles. The highest BCUT2D eigenvalue weighted by Gasteiger charge is 2.35. The third-order valence-electron chi connectivity index (χ3n) is 10.9. The standard InChI is InChI=1S/C43H51N5O8/c1-8-28-22(3)32-19-34-24(5)30(12-13-38(52)53)41(47-34)31(18-39(54)56-7)42-40(43(55)44-16-14-26(50)10-11-27(51)15-17-49)25(6)35(48-42)21-37-29(9-2)23(4)33(46-37)20-36(28)45-32/h8,19-21,24,30,45-46,49H,1,9-18H2,2-7H3,(H,44,55)(H,52,53). The summed E-state index contributed by atoms with van der Waals surface area (Å²) in [5, 5.41) is 21.6. The van der Waals surface area contributed by atoms with Crippen LogP contribution in [0.3, 0.4) is 0 Å². The van der Waals surface area contributed by atoms with Crippen molar-refractivity contribution in [2.75, 3.05) is 20.3 Å². The second-order valence-corrected chi connectivity index (χ2v) is 14.4. The van der Waals surface area contributed by atoms with Crippen molar-refractivity contribution < 1.29 is 38.9 Å². The van der Waals surface area contributed by atoms with Gasteiger partial charge in [-0.3, -0.25) is 29.0 Å². The Morgan fingerprint density at radius 2 is 1.57 bits per heavy atom. The number of hydrogen-bond acceptors (Lipinski definition) is 9. The summed E-state index contributed by atoms with van der Waals surface area (Å²) in [7, 11) is 1.27. The zero-order valence-corrected chi connectivity index (χ0v) is 33.0. The van der Waals surface area contributed by atoms with E-state index in [9.17, 15) is 29.1 Å². The molecule has 2 aliphatic heterocycles. The first kappa shape index (κ1) is 41.5. The number of ether oxygens (including phenoxy) is 1. The van der Waals surface area contributed by atoms with Crippen LogP contribution in [0.15, 0.2) is 24.8 Å². The van der Waals surface area contributed by atoms with Crippen molar-refractivity contribution in [2.45, 2.75) is 97.8 Å². The molecule has 0 radical (unpaired) electrons. The van der Waals surface area contributed by atoms with Crippen LogP contribution in [-0.4, -0.2) is 79.8 Å². The number of carboxylic acids is 1. The zero-order chi connectivity index (χ0) is 40.8. The number of hydrogen-bond donors (Lipinski definition) is 5. The second-order valence-electron chi connectivity index (χ2n) is 14.4. The molecule has 13 nitrogen and oxygen atoms in total. The first-order chi connectivity index (χ1) is 26.7. The lowest BCUT2D eigenvalue weighted by Gasteiger charge is -2.18. The van der Waals surface area contributed by atoms with Gasteiger partial charge in [-0.2, -0.15) is 0 Å². The van der Waals surface area contributed by atoms with E-state index in [1.54, 1.807) is 6.92 Å². The van der Waals surface area contributed by atoms with E-state index in [1.165, 1.54) is 7.11 Å². The van der Waals surface area contributed by atoms with Gasteiger partial charge in [0, 0.05) is 96.0 Å². The summed E-state index contributed by atoms with van der Waals surface area (Å²) in [6.45, 7) is 13.7.